The first-order valence-electron chi connectivity index (χ1n) is 6.66. The molecule has 106 valence electrons. The fourth-order valence-electron chi connectivity index (χ4n) is 2.95. The fourth-order valence-corrected chi connectivity index (χ4v) is 3.66. The van der Waals surface area contributed by atoms with Crippen LogP contribution in [-0.4, -0.2) is 24.0 Å². The maximum Gasteiger partial charge on any atom is 0.311 e. The zero-order valence-corrected chi connectivity index (χ0v) is 12.0. The predicted molar refractivity (Wildman–Crippen MR) is 75.3 cm³/mol. The SMILES string of the molecule is COC(=O)Cc1csc(NC(=O)C2CC3C=CC2C3)n1. The van der Waals surface area contributed by atoms with Crippen molar-refractivity contribution in [3.05, 3.63) is 23.2 Å². The number of ether oxygens (including phenoxy) is 1. The molecule has 6 heteroatoms. The maximum atomic E-state index is 12.2. The Labute approximate surface area is 121 Å². The predicted octanol–water partition coefficient (Wildman–Crippen LogP) is 2.01. The number of anilines is 1. The van der Waals surface area contributed by atoms with Crippen molar-refractivity contribution in [3.8, 4) is 0 Å². The third-order valence-corrected chi connectivity index (χ3v) is 4.76. The number of nitrogens with one attached hydrogen (secondary N) is 1. The summed E-state index contributed by atoms with van der Waals surface area (Å²) >= 11 is 1.34. The van der Waals surface area contributed by atoms with Gasteiger partial charge in [0.2, 0.25) is 5.91 Å². The number of esters is 1. The highest BCUT2D eigenvalue weighted by Crippen LogP contribution is 2.43. The van der Waals surface area contributed by atoms with E-state index < -0.39 is 0 Å². The summed E-state index contributed by atoms with van der Waals surface area (Å²) in [5.41, 5.74) is 0.630. The van der Waals surface area contributed by atoms with Gasteiger partial charge in [-0.1, -0.05) is 12.2 Å². The van der Waals surface area contributed by atoms with E-state index in [0.29, 0.717) is 22.7 Å². The molecule has 5 nitrogen and oxygen atoms in total. The Bertz CT molecular complexity index is 567. The van der Waals surface area contributed by atoms with Gasteiger partial charge in [-0.2, -0.15) is 0 Å². The Balaban J connectivity index is 1.59. The molecular weight excluding hydrogens is 276 g/mol. The van der Waals surface area contributed by atoms with Gasteiger partial charge in [-0.05, 0) is 24.7 Å². The van der Waals surface area contributed by atoms with Crippen molar-refractivity contribution in [2.75, 3.05) is 12.4 Å². The molecule has 3 unspecified atom stereocenters. The quantitative estimate of drug-likeness (QED) is 0.681. The minimum absolute atomic E-state index is 0.0424. The van der Waals surface area contributed by atoms with Gasteiger partial charge in [-0.15, -0.1) is 11.3 Å². The first-order valence-corrected chi connectivity index (χ1v) is 7.54. The molecule has 1 fully saturated rings. The van der Waals surface area contributed by atoms with E-state index in [9.17, 15) is 9.59 Å². The minimum atomic E-state index is -0.327. The molecule has 1 N–H and O–H groups in total. The van der Waals surface area contributed by atoms with E-state index in [1.165, 1.54) is 18.4 Å². The van der Waals surface area contributed by atoms with Gasteiger partial charge in [0.25, 0.3) is 0 Å². The number of amides is 1. The molecule has 0 radical (unpaired) electrons. The molecule has 1 amide bonds. The molecule has 2 aliphatic carbocycles. The van der Waals surface area contributed by atoms with Gasteiger partial charge in [0.05, 0.1) is 19.2 Å². The molecule has 1 aromatic heterocycles. The highest BCUT2D eigenvalue weighted by Gasteiger charge is 2.39. The van der Waals surface area contributed by atoms with Crippen LogP contribution in [0, 0.1) is 17.8 Å². The molecule has 0 saturated heterocycles. The number of thiazole rings is 1. The summed E-state index contributed by atoms with van der Waals surface area (Å²) in [5, 5.41) is 5.19. The van der Waals surface area contributed by atoms with Crippen LogP contribution in [0.25, 0.3) is 0 Å². The number of hydrogen-bond acceptors (Lipinski definition) is 5. The second-order valence-electron chi connectivity index (χ2n) is 5.27. The summed E-state index contributed by atoms with van der Waals surface area (Å²) in [6, 6.07) is 0. The molecule has 20 heavy (non-hydrogen) atoms. The molecule has 2 bridgehead atoms. The van der Waals surface area contributed by atoms with Crippen LogP contribution in [0.15, 0.2) is 17.5 Å². The van der Waals surface area contributed by atoms with Gasteiger partial charge >= 0.3 is 5.97 Å². The van der Waals surface area contributed by atoms with Crippen molar-refractivity contribution in [2.45, 2.75) is 19.3 Å². The molecule has 2 aliphatic rings. The van der Waals surface area contributed by atoms with Crippen LogP contribution in [0.5, 0.6) is 0 Å². The van der Waals surface area contributed by atoms with Gasteiger partial charge in [0.1, 0.15) is 0 Å². The maximum absolute atomic E-state index is 12.2. The molecule has 1 aromatic rings. The van der Waals surface area contributed by atoms with Gasteiger partial charge < -0.3 is 10.1 Å². The number of methoxy groups -OCH3 is 1. The lowest BCUT2D eigenvalue weighted by molar-refractivity contribution is -0.139. The van der Waals surface area contributed by atoms with Gasteiger partial charge in [0.15, 0.2) is 5.13 Å². The Kier molecular flexibility index (Phi) is 3.56. The molecular formula is C14H16N2O3S. The highest BCUT2D eigenvalue weighted by molar-refractivity contribution is 7.13. The lowest BCUT2D eigenvalue weighted by atomic mass is 9.93. The van der Waals surface area contributed by atoms with Crippen molar-refractivity contribution in [2.24, 2.45) is 17.8 Å². The average molecular weight is 292 g/mol. The topological polar surface area (TPSA) is 68.3 Å². The van der Waals surface area contributed by atoms with E-state index in [1.54, 1.807) is 5.38 Å². The standard InChI is InChI=1S/C14H16N2O3S/c1-19-12(17)6-10-7-20-14(15-10)16-13(18)11-5-8-2-3-9(11)4-8/h2-3,7-9,11H,4-6H2,1H3,(H,15,16,18). The number of rotatable bonds is 4. The molecule has 1 saturated carbocycles. The number of carbonyl (C=O) groups excluding carboxylic acids is 2. The van der Waals surface area contributed by atoms with E-state index in [4.69, 9.17) is 0 Å². The molecule has 0 spiro atoms. The van der Waals surface area contributed by atoms with E-state index in [1.807, 2.05) is 0 Å². The lowest BCUT2D eigenvalue weighted by Gasteiger charge is -2.16. The van der Waals surface area contributed by atoms with Crippen LogP contribution in [0.4, 0.5) is 5.13 Å². The number of hydrogen-bond donors (Lipinski definition) is 1. The largest absolute Gasteiger partial charge is 0.469 e. The molecule has 3 rings (SSSR count). The summed E-state index contributed by atoms with van der Waals surface area (Å²) in [6.07, 6.45) is 6.55. The third-order valence-electron chi connectivity index (χ3n) is 3.95. The van der Waals surface area contributed by atoms with Crippen LogP contribution >= 0.6 is 11.3 Å². The van der Waals surface area contributed by atoms with Crippen LogP contribution in [0.2, 0.25) is 0 Å². The highest BCUT2D eigenvalue weighted by atomic mass is 32.1. The van der Waals surface area contributed by atoms with Crippen LogP contribution in [0.1, 0.15) is 18.5 Å². The lowest BCUT2D eigenvalue weighted by Crippen LogP contribution is -2.25. The van der Waals surface area contributed by atoms with Crippen LogP contribution in [-0.2, 0) is 20.7 Å². The van der Waals surface area contributed by atoms with Crippen LogP contribution in [0.3, 0.4) is 0 Å². The summed E-state index contributed by atoms with van der Waals surface area (Å²) < 4.78 is 4.59. The zero-order chi connectivity index (χ0) is 14.1. The van der Waals surface area contributed by atoms with Gasteiger partial charge in [-0.25, -0.2) is 4.98 Å². The Morgan fingerprint density at radius 1 is 1.45 bits per heavy atom. The fraction of sp³-hybridized carbons (Fsp3) is 0.500. The van der Waals surface area contributed by atoms with Crippen LogP contribution < -0.4 is 5.32 Å². The van der Waals surface area contributed by atoms with E-state index in [2.05, 4.69) is 27.2 Å². The number of nitrogens with zero attached hydrogens (tertiary/aromatic N) is 1. The van der Waals surface area contributed by atoms with E-state index in [0.717, 1.165) is 12.8 Å². The van der Waals surface area contributed by atoms with Crippen molar-refractivity contribution < 1.29 is 14.3 Å². The summed E-state index contributed by atoms with van der Waals surface area (Å²) in [7, 11) is 1.35. The van der Waals surface area contributed by atoms with Gasteiger partial charge in [-0.3, -0.25) is 9.59 Å². The van der Waals surface area contributed by atoms with Crippen molar-refractivity contribution in [1.82, 2.24) is 4.98 Å². The first-order chi connectivity index (χ1) is 9.65. The molecule has 0 aliphatic heterocycles. The number of carbonyl (C=O) groups is 2. The Morgan fingerprint density at radius 3 is 2.95 bits per heavy atom. The summed E-state index contributed by atoms with van der Waals surface area (Å²) in [4.78, 5) is 27.6. The molecule has 3 atom stereocenters. The molecule has 1 heterocycles. The Morgan fingerprint density at radius 2 is 2.30 bits per heavy atom. The first kappa shape index (κ1) is 13.3. The van der Waals surface area contributed by atoms with E-state index >= 15 is 0 Å². The van der Waals surface area contributed by atoms with Gasteiger partial charge in [0, 0.05) is 11.3 Å². The monoisotopic (exact) mass is 292 g/mol. The average Bonchev–Trinajstić information content (AvgIpc) is 3.14. The van der Waals surface area contributed by atoms with Crippen molar-refractivity contribution >= 4 is 28.3 Å². The van der Waals surface area contributed by atoms with Crippen molar-refractivity contribution in [3.63, 3.8) is 0 Å². The third kappa shape index (κ3) is 2.60. The Hall–Kier alpha value is -1.69. The normalized spacial score (nSPS) is 26.8. The number of aromatic nitrogens is 1. The summed E-state index contributed by atoms with van der Waals surface area (Å²) in [5.74, 6) is 0.738. The summed E-state index contributed by atoms with van der Waals surface area (Å²) in [6.45, 7) is 0. The number of fused-ring (bicyclic) bond motifs is 2. The van der Waals surface area contributed by atoms with Crippen molar-refractivity contribution in [1.29, 1.82) is 0 Å². The zero-order valence-electron chi connectivity index (χ0n) is 11.2. The minimum Gasteiger partial charge on any atom is -0.469 e. The second kappa shape index (κ2) is 5.36. The number of allylic oxidation sites excluding steroid dienone is 2. The van der Waals surface area contributed by atoms with E-state index in [-0.39, 0.29) is 24.2 Å². The smallest absolute Gasteiger partial charge is 0.311 e. The second-order valence-corrected chi connectivity index (χ2v) is 6.13. The molecule has 0 aromatic carbocycles.